The van der Waals surface area contributed by atoms with Crippen LogP contribution >= 0.6 is 11.8 Å². The van der Waals surface area contributed by atoms with Gasteiger partial charge in [0, 0.05) is 30.8 Å². The van der Waals surface area contributed by atoms with Crippen molar-refractivity contribution in [1.82, 2.24) is 10.6 Å². The molecule has 0 spiro atoms. The van der Waals surface area contributed by atoms with E-state index in [2.05, 4.69) is 10.6 Å². The number of nitrogens with one attached hydrogen (secondary N) is 2. The van der Waals surface area contributed by atoms with Crippen molar-refractivity contribution in [3.8, 4) is 0 Å². The SMILES string of the molecule is O=C(CCNC1CC1)NC1CCSC1. The zero-order chi connectivity index (χ0) is 9.80. The van der Waals surface area contributed by atoms with E-state index in [0.717, 1.165) is 18.7 Å². The highest BCUT2D eigenvalue weighted by Crippen LogP contribution is 2.18. The molecule has 80 valence electrons. The summed E-state index contributed by atoms with van der Waals surface area (Å²) in [6.07, 6.45) is 4.37. The Labute approximate surface area is 89.4 Å². The van der Waals surface area contributed by atoms with Crippen LogP contribution in [0.4, 0.5) is 0 Å². The normalized spacial score (nSPS) is 26.4. The summed E-state index contributed by atoms with van der Waals surface area (Å²) in [5, 5.41) is 6.42. The number of carbonyl (C=O) groups is 1. The van der Waals surface area contributed by atoms with Crippen LogP contribution in [0.3, 0.4) is 0 Å². The molecular weight excluding hydrogens is 196 g/mol. The number of carbonyl (C=O) groups excluding carboxylic acids is 1. The molecule has 2 aliphatic rings. The van der Waals surface area contributed by atoms with Crippen molar-refractivity contribution < 1.29 is 4.79 Å². The molecule has 3 nitrogen and oxygen atoms in total. The third-order valence-electron chi connectivity index (χ3n) is 2.66. The van der Waals surface area contributed by atoms with E-state index in [1.54, 1.807) is 0 Å². The topological polar surface area (TPSA) is 41.1 Å². The minimum absolute atomic E-state index is 0.214. The second-order valence-corrected chi connectivity index (χ2v) is 5.26. The molecule has 0 radical (unpaired) electrons. The van der Waals surface area contributed by atoms with Crippen LogP contribution in [-0.4, -0.2) is 36.0 Å². The number of thioether (sulfide) groups is 1. The molecule has 2 rings (SSSR count). The molecule has 1 amide bonds. The van der Waals surface area contributed by atoms with Crippen LogP contribution in [0.2, 0.25) is 0 Å². The lowest BCUT2D eigenvalue weighted by Gasteiger charge is -2.11. The van der Waals surface area contributed by atoms with Gasteiger partial charge in [-0.1, -0.05) is 0 Å². The van der Waals surface area contributed by atoms with Crippen molar-refractivity contribution in [3.63, 3.8) is 0 Å². The van der Waals surface area contributed by atoms with Crippen molar-refractivity contribution in [1.29, 1.82) is 0 Å². The van der Waals surface area contributed by atoms with Crippen LogP contribution in [0.5, 0.6) is 0 Å². The predicted octanol–water partition coefficient (Wildman–Crippen LogP) is 0.750. The van der Waals surface area contributed by atoms with Crippen molar-refractivity contribution in [2.24, 2.45) is 0 Å². The first-order valence-corrected chi connectivity index (χ1v) is 6.60. The molecule has 2 N–H and O–H groups in total. The maximum Gasteiger partial charge on any atom is 0.221 e. The third-order valence-corrected chi connectivity index (χ3v) is 3.82. The third kappa shape index (κ3) is 3.50. The van der Waals surface area contributed by atoms with Gasteiger partial charge in [0.05, 0.1) is 0 Å². The molecule has 4 heteroatoms. The summed E-state index contributed by atoms with van der Waals surface area (Å²) < 4.78 is 0. The highest BCUT2D eigenvalue weighted by atomic mass is 32.2. The summed E-state index contributed by atoms with van der Waals surface area (Å²) in [7, 11) is 0. The van der Waals surface area contributed by atoms with Gasteiger partial charge in [0.25, 0.3) is 0 Å². The van der Waals surface area contributed by atoms with E-state index in [4.69, 9.17) is 0 Å². The first-order chi connectivity index (χ1) is 6.84. The molecule has 1 atom stereocenters. The van der Waals surface area contributed by atoms with E-state index < -0.39 is 0 Å². The van der Waals surface area contributed by atoms with Crippen molar-refractivity contribution in [2.75, 3.05) is 18.1 Å². The van der Waals surface area contributed by atoms with Crippen molar-refractivity contribution in [2.45, 2.75) is 37.8 Å². The molecule has 0 aromatic heterocycles. The highest BCUT2D eigenvalue weighted by molar-refractivity contribution is 7.99. The fourth-order valence-corrected chi connectivity index (χ4v) is 2.78. The Bertz CT molecular complexity index is 200. The van der Waals surface area contributed by atoms with Gasteiger partial charge in [-0.3, -0.25) is 4.79 Å². The van der Waals surface area contributed by atoms with Gasteiger partial charge in [0.1, 0.15) is 0 Å². The molecule has 1 heterocycles. The Balaban J connectivity index is 1.53. The molecule has 0 aromatic carbocycles. The lowest BCUT2D eigenvalue weighted by atomic mass is 10.2. The van der Waals surface area contributed by atoms with Crippen LogP contribution in [0.25, 0.3) is 0 Å². The van der Waals surface area contributed by atoms with Gasteiger partial charge >= 0.3 is 0 Å². The monoisotopic (exact) mass is 214 g/mol. The molecule has 1 unspecified atom stereocenters. The minimum atomic E-state index is 0.214. The molecule has 0 bridgehead atoms. The van der Waals surface area contributed by atoms with Crippen LogP contribution in [0.15, 0.2) is 0 Å². The van der Waals surface area contributed by atoms with E-state index in [1.165, 1.54) is 18.6 Å². The lowest BCUT2D eigenvalue weighted by Crippen LogP contribution is -2.36. The van der Waals surface area contributed by atoms with Crippen LogP contribution in [0.1, 0.15) is 25.7 Å². The molecule has 1 saturated carbocycles. The van der Waals surface area contributed by atoms with Crippen LogP contribution < -0.4 is 10.6 Å². The largest absolute Gasteiger partial charge is 0.352 e. The fourth-order valence-electron chi connectivity index (χ4n) is 1.63. The molecular formula is C10H18N2OS. The lowest BCUT2D eigenvalue weighted by molar-refractivity contribution is -0.121. The number of rotatable bonds is 5. The van der Waals surface area contributed by atoms with Gasteiger partial charge in [-0.2, -0.15) is 11.8 Å². The number of hydrogen-bond donors (Lipinski definition) is 2. The molecule has 1 aliphatic heterocycles. The van der Waals surface area contributed by atoms with Crippen molar-refractivity contribution >= 4 is 17.7 Å². The van der Waals surface area contributed by atoms with Gasteiger partial charge in [-0.25, -0.2) is 0 Å². The van der Waals surface area contributed by atoms with E-state index >= 15 is 0 Å². The second kappa shape index (κ2) is 5.03. The number of amides is 1. The van der Waals surface area contributed by atoms with E-state index in [-0.39, 0.29) is 5.91 Å². The van der Waals surface area contributed by atoms with Gasteiger partial charge in [0.2, 0.25) is 5.91 Å². The molecule has 1 saturated heterocycles. The molecule has 0 aromatic rings. The standard InChI is InChI=1S/C10H18N2OS/c13-10(3-5-11-8-1-2-8)12-9-4-6-14-7-9/h8-9,11H,1-7H2,(H,12,13). The van der Waals surface area contributed by atoms with E-state index in [0.29, 0.717) is 18.5 Å². The smallest absolute Gasteiger partial charge is 0.221 e. The molecule has 2 fully saturated rings. The highest BCUT2D eigenvalue weighted by Gasteiger charge is 2.21. The first-order valence-electron chi connectivity index (χ1n) is 5.45. The second-order valence-electron chi connectivity index (χ2n) is 4.11. The fraction of sp³-hybridized carbons (Fsp3) is 0.900. The van der Waals surface area contributed by atoms with Gasteiger partial charge in [-0.05, 0) is 25.0 Å². The van der Waals surface area contributed by atoms with Gasteiger partial charge in [0.15, 0.2) is 0 Å². The zero-order valence-corrected chi connectivity index (χ0v) is 9.24. The maximum atomic E-state index is 11.4. The average molecular weight is 214 g/mol. The Hall–Kier alpha value is -0.220. The maximum absolute atomic E-state index is 11.4. The summed E-state index contributed by atoms with van der Waals surface area (Å²) in [6.45, 7) is 0.844. The number of hydrogen-bond acceptors (Lipinski definition) is 3. The summed E-state index contributed by atoms with van der Waals surface area (Å²) in [5.74, 6) is 2.51. The predicted molar refractivity (Wildman–Crippen MR) is 59.5 cm³/mol. The molecule has 14 heavy (non-hydrogen) atoms. The van der Waals surface area contributed by atoms with E-state index in [1.807, 2.05) is 11.8 Å². The van der Waals surface area contributed by atoms with Gasteiger partial charge < -0.3 is 10.6 Å². The van der Waals surface area contributed by atoms with Crippen LogP contribution in [-0.2, 0) is 4.79 Å². The zero-order valence-electron chi connectivity index (χ0n) is 8.42. The Morgan fingerprint density at radius 1 is 1.29 bits per heavy atom. The minimum Gasteiger partial charge on any atom is -0.352 e. The summed E-state index contributed by atoms with van der Waals surface area (Å²) >= 11 is 1.93. The van der Waals surface area contributed by atoms with E-state index in [9.17, 15) is 4.79 Å². The Kier molecular flexibility index (Phi) is 3.70. The summed E-state index contributed by atoms with van der Waals surface area (Å²) in [5.41, 5.74) is 0. The first kappa shape index (κ1) is 10.3. The summed E-state index contributed by atoms with van der Waals surface area (Å²) in [6, 6.07) is 1.15. The quantitative estimate of drug-likeness (QED) is 0.709. The average Bonchev–Trinajstić information content (AvgIpc) is 2.83. The molecule has 1 aliphatic carbocycles. The van der Waals surface area contributed by atoms with Gasteiger partial charge in [-0.15, -0.1) is 0 Å². The van der Waals surface area contributed by atoms with Crippen molar-refractivity contribution in [3.05, 3.63) is 0 Å². The Morgan fingerprint density at radius 2 is 2.14 bits per heavy atom. The Morgan fingerprint density at radius 3 is 2.79 bits per heavy atom. The van der Waals surface area contributed by atoms with Crippen LogP contribution in [0, 0.1) is 0 Å². The summed E-state index contributed by atoms with van der Waals surface area (Å²) in [4.78, 5) is 11.4.